The van der Waals surface area contributed by atoms with Crippen LogP contribution in [0, 0.1) is 0 Å². The first-order valence-electron chi connectivity index (χ1n) is 7.07. The maximum atomic E-state index is 12.8. The normalized spacial score (nSPS) is 13.1. The maximum absolute atomic E-state index is 12.8. The lowest BCUT2D eigenvalue weighted by Crippen LogP contribution is -2.36. The second-order valence-corrected chi connectivity index (χ2v) is 7.50. The summed E-state index contributed by atoms with van der Waals surface area (Å²) in [5.74, 6) is -1.30. The highest BCUT2D eigenvalue weighted by atomic mass is 35.5. The van der Waals surface area contributed by atoms with Gasteiger partial charge in [0.25, 0.3) is 5.91 Å². The van der Waals surface area contributed by atoms with Crippen LogP contribution in [0.5, 0.6) is 5.75 Å². The first-order chi connectivity index (χ1) is 12.0. The molecule has 0 bridgehead atoms. The van der Waals surface area contributed by atoms with Gasteiger partial charge in [0.1, 0.15) is 5.75 Å². The fraction of sp³-hybridized carbons (Fsp3) is 0.188. The van der Waals surface area contributed by atoms with E-state index >= 15 is 0 Å². The molecule has 0 aliphatic rings. The number of halogens is 4. The van der Waals surface area contributed by atoms with E-state index in [1.165, 1.54) is 30.3 Å². The third-order valence-corrected chi connectivity index (χ3v) is 3.94. The highest BCUT2D eigenvalue weighted by molar-refractivity contribution is 7.89. The zero-order valence-corrected chi connectivity index (χ0v) is 14.8. The minimum Gasteiger partial charge on any atom is -0.476 e. The predicted octanol–water partition coefficient (Wildman–Crippen LogP) is 3.55. The van der Waals surface area contributed by atoms with Gasteiger partial charge in [-0.25, -0.2) is 13.1 Å². The molecule has 2 aromatic carbocycles. The number of carbonyl (C=O) groups excluding carboxylic acids is 1. The molecule has 1 atom stereocenters. The van der Waals surface area contributed by atoms with Gasteiger partial charge < -0.3 is 4.74 Å². The second kappa shape index (κ2) is 7.55. The molecule has 0 aromatic heterocycles. The number of sulfonamides is 1. The molecule has 1 unspecified atom stereocenters. The Labute approximate surface area is 152 Å². The molecule has 0 aliphatic heterocycles. The fourth-order valence-electron chi connectivity index (χ4n) is 2.03. The summed E-state index contributed by atoms with van der Waals surface area (Å²) in [6.45, 7) is 0. The topological polar surface area (TPSA) is 72.5 Å². The van der Waals surface area contributed by atoms with Gasteiger partial charge in [0.2, 0.25) is 16.1 Å². The molecule has 10 heteroatoms. The molecular weight excluding hydrogens is 395 g/mol. The molecule has 2 rings (SSSR count). The van der Waals surface area contributed by atoms with E-state index in [4.69, 9.17) is 16.3 Å². The van der Waals surface area contributed by atoms with E-state index in [2.05, 4.69) is 0 Å². The van der Waals surface area contributed by atoms with E-state index in [1.807, 2.05) is 0 Å². The molecular formula is C16H13ClF3NO4S. The summed E-state index contributed by atoms with van der Waals surface area (Å²) >= 11 is 5.77. The van der Waals surface area contributed by atoms with Crippen LogP contribution in [0.1, 0.15) is 17.2 Å². The smallest absolute Gasteiger partial charge is 0.416 e. The second-order valence-electron chi connectivity index (χ2n) is 5.31. The number of rotatable bonds is 5. The summed E-state index contributed by atoms with van der Waals surface area (Å²) in [4.78, 5) is 12.3. The Morgan fingerprint density at radius 1 is 1.15 bits per heavy atom. The Morgan fingerprint density at radius 2 is 1.77 bits per heavy atom. The van der Waals surface area contributed by atoms with Crippen molar-refractivity contribution in [3.05, 3.63) is 64.7 Å². The minimum absolute atomic E-state index is 0.216. The van der Waals surface area contributed by atoms with Gasteiger partial charge in [0.05, 0.1) is 11.8 Å². The molecule has 5 nitrogen and oxygen atoms in total. The van der Waals surface area contributed by atoms with Crippen LogP contribution in [0.25, 0.3) is 0 Å². The molecule has 0 fully saturated rings. The van der Waals surface area contributed by atoms with Crippen LogP contribution in [0.3, 0.4) is 0 Å². The van der Waals surface area contributed by atoms with Gasteiger partial charge in [0.15, 0.2) is 0 Å². The Morgan fingerprint density at radius 3 is 2.31 bits per heavy atom. The Bertz CT molecular complexity index is 898. The molecule has 0 saturated heterocycles. The van der Waals surface area contributed by atoms with Crippen molar-refractivity contribution in [1.29, 1.82) is 0 Å². The molecule has 1 amide bonds. The van der Waals surface area contributed by atoms with Gasteiger partial charge >= 0.3 is 6.18 Å². The molecule has 0 aliphatic carbocycles. The van der Waals surface area contributed by atoms with Crippen molar-refractivity contribution in [2.45, 2.75) is 12.3 Å². The van der Waals surface area contributed by atoms with E-state index < -0.39 is 33.8 Å². The fourth-order valence-corrected chi connectivity index (χ4v) is 2.63. The standard InChI is InChI=1S/C16H13ClF3NO4S/c1-26(23,24)21-15(22)14(10-5-7-12(17)8-6-10)25-13-4-2-3-11(9-13)16(18,19)20/h2-9,14H,1H3,(H,21,22). The Balaban J connectivity index is 2.38. The van der Waals surface area contributed by atoms with E-state index in [0.717, 1.165) is 24.5 Å². The largest absolute Gasteiger partial charge is 0.476 e. The van der Waals surface area contributed by atoms with Gasteiger partial charge in [-0.3, -0.25) is 4.79 Å². The minimum atomic E-state index is -4.59. The van der Waals surface area contributed by atoms with Gasteiger partial charge in [-0.15, -0.1) is 0 Å². The van der Waals surface area contributed by atoms with Crippen molar-refractivity contribution < 1.29 is 31.1 Å². The van der Waals surface area contributed by atoms with Gasteiger partial charge in [-0.2, -0.15) is 13.2 Å². The number of amides is 1. The van der Waals surface area contributed by atoms with Crippen LogP contribution in [0.4, 0.5) is 13.2 Å². The molecule has 0 spiro atoms. The number of hydrogen-bond acceptors (Lipinski definition) is 4. The quantitative estimate of drug-likeness (QED) is 0.822. The average molecular weight is 408 g/mol. The van der Waals surface area contributed by atoms with E-state index in [-0.39, 0.29) is 11.3 Å². The van der Waals surface area contributed by atoms with Crippen LogP contribution in [-0.2, 0) is 21.0 Å². The first kappa shape index (κ1) is 20.1. The van der Waals surface area contributed by atoms with Crippen molar-refractivity contribution >= 4 is 27.5 Å². The number of carbonyl (C=O) groups is 1. The van der Waals surface area contributed by atoms with E-state index in [0.29, 0.717) is 5.02 Å². The molecule has 140 valence electrons. The lowest BCUT2D eigenvalue weighted by atomic mass is 10.1. The molecule has 0 radical (unpaired) electrons. The van der Waals surface area contributed by atoms with E-state index in [9.17, 15) is 26.4 Å². The van der Waals surface area contributed by atoms with Gasteiger partial charge in [0, 0.05) is 10.6 Å². The highest BCUT2D eigenvalue weighted by Gasteiger charge is 2.31. The summed E-state index contributed by atoms with van der Waals surface area (Å²) in [5.41, 5.74) is -0.749. The summed E-state index contributed by atoms with van der Waals surface area (Å²) in [6, 6.07) is 9.60. The highest BCUT2D eigenvalue weighted by Crippen LogP contribution is 2.32. The van der Waals surface area contributed by atoms with Crippen LogP contribution < -0.4 is 9.46 Å². The lowest BCUT2D eigenvalue weighted by molar-refractivity contribution is -0.137. The van der Waals surface area contributed by atoms with E-state index in [1.54, 1.807) is 4.72 Å². The molecule has 26 heavy (non-hydrogen) atoms. The SMILES string of the molecule is CS(=O)(=O)NC(=O)C(Oc1cccc(C(F)(F)F)c1)c1ccc(Cl)cc1. The van der Waals surface area contributed by atoms with Crippen LogP contribution in [0.15, 0.2) is 48.5 Å². The number of nitrogens with one attached hydrogen (secondary N) is 1. The summed E-state index contributed by atoms with van der Waals surface area (Å²) in [6.07, 6.45) is -5.32. The predicted molar refractivity (Wildman–Crippen MR) is 89.3 cm³/mol. The van der Waals surface area contributed by atoms with Crippen LogP contribution >= 0.6 is 11.6 Å². The van der Waals surface area contributed by atoms with Crippen molar-refractivity contribution in [1.82, 2.24) is 4.72 Å². The lowest BCUT2D eigenvalue weighted by Gasteiger charge is -2.19. The van der Waals surface area contributed by atoms with Crippen molar-refractivity contribution in [2.75, 3.05) is 6.26 Å². The van der Waals surface area contributed by atoms with Crippen molar-refractivity contribution in [3.8, 4) is 5.75 Å². The molecule has 0 saturated carbocycles. The Hall–Kier alpha value is -2.26. The van der Waals surface area contributed by atoms with Crippen molar-refractivity contribution in [2.24, 2.45) is 0 Å². The number of alkyl halides is 3. The van der Waals surface area contributed by atoms with Crippen LogP contribution in [-0.4, -0.2) is 20.6 Å². The average Bonchev–Trinajstić information content (AvgIpc) is 2.51. The Kier molecular flexibility index (Phi) is 5.82. The van der Waals surface area contributed by atoms with Gasteiger partial charge in [-0.1, -0.05) is 29.8 Å². The number of hydrogen-bond donors (Lipinski definition) is 1. The van der Waals surface area contributed by atoms with Gasteiger partial charge in [-0.05, 0) is 30.3 Å². The third kappa shape index (κ3) is 5.63. The third-order valence-electron chi connectivity index (χ3n) is 3.11. The summed E-state index contributed by atoms with van der Waals surface area (Å²) in [5, 5.41) is 0.357. The zero-order valence-electron chi connectivity index (χ0n) is 13.2. The molecule has 0 heterocycles. The molecule has 2 aromatic rings. The maximum Gasteiger partial charge on any atom is 0.416 e. The molecule has 1 N–H and O–H groups in total. The first-order valence-corrected chi connectivity index (χ1v) is 9.34. The number of benzene rings is 2. The van der Waals surface area contributed by atoms with Crippen LogP contribution in [0.2, 0.25) is 5.02 Å². The zero-order chi connectivity index (χ0) is 19.5. The van der Waals surface area contributed by atoms with Crippen molar-refractivity contribution in [3.63, 3.8) is 0 Å². The monoisotopic (exact) mass is 407 g/mol. The summed E-state index contributed by atoms with van der Waals surface area (Å²) < 4.78 is 68.2. The summed E-state index contributed by atoms with van der Waals surface area (Å²) in [7, 11) is -3.89. The number of ether oxygens (including phenoxy) is 1.